The van der Waals surface area contributed by atoms with Crippen LogP contribution in [0.4, 0.5) is 5.69 Å². The summed E-state index contributed by atoms with van der Waals surface area (Å²) in [4.78, 5) is 13.8. The Bertz CT molecular complexity index is 663. The Morgan fingerprint density at radius 1 is 1.24 bits per heavy atom. The first-order valence-electron chi connectivity index (χ1n) is 6.92. The van der Waals surface area contributed by atoms with Crippen LogP contribution in [-0.4, -0.2) is 34.4 Å². The molecule has 7 heteroatoms. The number of aromatic nitrogens is 3. The molecule has 2 heterocycles. The molecule has 6 nitrogen and oxygen atoms in total. The molecular formula is C14H16BrN5O. The zero-order valence-corrected chi connectivity index (χ0v) is 13.1. The van der Waals surface area contributed by atoms with E-state index < -0.39 is 5.91 Å². The van der Waals surface area contributed by atoms with Crippen LogP contribution in [0.3, 0.4) is 0 Å². The van der Waals surface area contributed by atoms with E-state index >= 15 is 0 Å². The van der Waals surface area contributed by atoms with Gasteiger partial charge < -0.3 is 10.6 Å². The molecule has 0 aliphatic carbocycles. The van der Waals surface area contributed by atoms with Gasteiger partial charge in [-0.05, 0) is 37.5 Å². The van der Waals surface area contributed by atoms with Gasteiger partial charge in [-0.25, -0.2) is 0 Å². The maximum atomic E-state index is 11.5. The topological polar surface area (TPSA) is 87.9 Å². The number of rotatable bonds is 3. The average molecular weight is 350 g/mol. The van der Waals surface area contributed by atoms with Gasteiger partial charge in [-0.1, -0.05) is 15.9 Å². The molecule has 1 aromatic carbocycles. The summed E-state index contributed by atoms with van der Waals surface area (Å²) in [5, 5.41) is 10.5. The average Bonchev–Trinajstić information content (AvgIpc) is 2.97. The molecule has 0 radical (unpaired) electrons. The molecule has 1 aliphatic rings. The molecule has 1 aromatic heterocycles. The zero-order chi connectivity index (χ0) is 14.8. The number of H-pyrrole nitrogens is 1. The van der Waals surface area contributed by atoms with Crippen LogP contribution in [0.5, 0.6) is 0 Å². The Morgan fingerprint density at radius 3 is 2.71 bits per heavy atom. The van der Waals surface area contributed by atoms with Gasteiger partial charge in [0, 0.05) is 28.8 Å². The standard InChI is InChI=1S/C14H16BrN5O/c15-9-4-5-10(12-13(14(16)21)18-19-17-12)11(8-9)20-6-2-1-3-7-20/h4-5,8H,1-3,6-7H2,(H2,16,21)(H,17,18,19). The number of amides is 1. The van der Waals surface area contributed by atoms with Crippen molar-refractivity contribution in [2.75, 3.05) is 18.0 Å². The Balaban J connectivity index is 2.09. The first-order chi connectivity index (χ1) is 10.2. The van der Waals surface area contributed by atoms with Crippen molar-refractivity contribution in [2.45, 2.75) is 19.3 Å². The number of piperidine rings is 1. The normalized spacial score (nSPS) is 15.2. The third-order valence-electron chi connectivity index (χ3n) is 3.69. The fraction of sp³-hybridized carbons (Fsp3) is 0.357. The number of halogens is 1. The molecule has 0 saturated carbocycles. The Labute approximate surface area is 130 Å². The second-order valence-electron chi connectivity index (χ2n) is 5.09. The van der Waals surface area contributed by atoms with Crippen molar-refractivity contribution in [1.82, 2.24) is 15.4 Å². The largest absolute Gasteiger partial charge is 0.371 e. The first kappa shape index (κ1) is 14.1. The second-order valence-corrected chi connectivity index (χ2v) is 6.01. The highest BCUT2D eigenvalue weighted by molar-refractivity contribution is 9.10. The van der Waals surface area contributed by atoms with Crippen molar-refractivity contribution >= 4 is 27.5 Å². The van der Waals surface area contributed by atoms with Crippen LogP contribution in [0.25, 0.3) is 11.3 Å². The van der Waals surface area contributed by atoms with Crippen molar-refractivity contribution in [1.29, 1.82) is 0 Å². The van der Waals surface area contributed by atoms with Crippen molar-refractivity contribution in [3.63, 3.8) is 0 Å². The van der Waals surface area contributed by atoms with Gasteiger partial charge in [0.2, 0.25) is 0 Å². The molecule has 3 rings (SSSR count). The third-order valence-corrected chi connectivity index (χ3v) is 4.19. The lowest BCUT2D eigenvalue weighted by atomic mass is 10.0. The van der Waals surface area contributed by atoms with Crippen LogP contribution in [0.2, 0.25) is 0 Å². The second kappa shape index (κ2) is 5.85. The summed E-state index contributed by atoms with van der Waals surface area (Å²) < 4.78 is 0.996. The lowest BCUT2D eigenvalue weighted by molar-refractivity contribution is 0.0996. The summed E-state index contributed by atoms with van der Waals surface area (Å²) in [6.45, 7) is 2.01. The molecule has 1 amide bonds. The molecule has 3 N–H and O–H groups in total. The van der Waals surface area contributed by atoms with Gasteiger partial charge in [0.15, 0.2) is 5.69 Å². The maximum Gasteiger partial charge on any atom is 0.271 e. The number of hydrogen-bond acceptors (Lipinski definition) is 4. The van der Waals surface area contributed by atoms with Crippen molar-refractivity contribution < 1.29 is 4.79 Å². The van der Waals surface area contributed by atoms with Crippen LogP contribution >= 0.6 is 15.9 Å². The van der Waals surface area contributed by atoms with Gasteiger partial charge in [-0.2, -0.15) is 15.4 Å². The number of aromatic amines is 1. The summed E-state index contributed by atoms with van der Waals surface area (Å²) in [6.07, 6.45) is 3.61. The molecule has 0 unspecified atom stereocenters. The Hall–Kier alpha value is -1.89. The van der Waals surface area contributed by atoms with Crippen LogP contribution in [0.1, 0.15) is 29.8 Å². The Kier molecular flexibility index (Phi) is 3.92. The van der Waals surface area contributed by atoms with E-state index in [0.717, 1.165) is 28.8 Å². The highest BCUT2D eigenvalue weighted by atomic mass is 79.9. The van der Waals surface area contributed by atoms with Crippen molar-refractivity contribution in [3.8, 4) is 11.3 Å². The minimum atomic E-state index is -0.578. The predicted molar refractivity (Wildman–Crippen MR) is 84.1 cm³/mol. The van der Waals surface area contributed by atoms with Crippen LogP contribution in [0.15, 0.2) is 22.7 Å². The monoisotopic (exact) mass is 349 g/mol. The summed E-state index contributed by atoms with van der Waals surface area (Å²) in [7, 11) is 0. The third kappa shape index (κ3) is 2.78. The van der Waals surface area contributed by atoms with E-state index in [0.29, 0.717) is 5.69 Å². The fourth-order valence-electron chi connectivity index (χ4n) is 2.69. The molecule has 1 aliphatic heterocycles. The van der Waals surface area contributed by atoms with Gasteiger partial charge in [-0.15, -0.1) is 0 Å². The number of nitrogens with zero attached hydrogens (tertiary/aromatic N) is 3. The summed E-state index contributed by atoms with van der Waals surface area (Å²) >= 11 is 3.51. The number of nitrogens with two attached hydrogens (primary N) is 1. The zero-order valence-electron chi connectivity index (χ0n) is 11.5. The van der Waals surface area contributed by atoms with E-state index in [1.54, 1.807) is 0 Å². The van der Waals surface area contributed by atoms with Gasteiger partial charge in [-0.3, -0.25) is 4.79 Å². The molecule has 0 bridgehead atoms. The first-order valence-corrected chi connectivity index (χ1v) is 7.71. The molecule has 110 valence electrons. The molecule has 1 saturated heterocycles. The van der Waals surface area contributed by atoms with E-state index in [1.165, 1.54) is 19.3 Å². The summed E-state index contributed by atoms with van der Waals surface area (Å²) in [6, 6.07) is 5.93. The summed E-state index contributed by atoms with van der Waals surface area (Å²) in [5.74, 6) is -0.578. The van der Waals surface area contributed by atoms with Crippen molar-refractivity contribution in [3.05, 3.63) is 28.4 Å². The quantitative estimate of drug-likeness (QED) is 0.889. The van der Waals surface area contributed by atoms with E-state index in [4.69, 9.17) is 5.73 Å². The van der Waals surface area contributed by atoms with E-state index in [2.05, 4.69) is 42.3 Å². The van der Waals surface area contributed by atoms with Crippen LogP contribution < -0.4 is 10.6 Å². The number of anilines is 1. The number of benzene rings is 1. The van der Waals surface area contributed by atoms with Crippen LogP contribution in [-0.2, 0) is 0 Å². The highest BCUT2D eigenvalue weighted by Crippen LogP contribution is 2.34. The predicted octanol–water partition coefficient (Wildman–Crippen LogP) is 2.32. The molecule has 0 atom stereocenters. The van der Waals surface area contributed by atoms with Gasteiger partial charge in [0.25, 0.3) is 5.91 Å². The molecule has 2 aromatic rings. The molecule has 21 heavy (non-hydrogen) atoms. The lowest BCUT2D eigenvalue weighted by Gasteiger charge is -2.30. The van der Waals surface area contributed by atoms with Gasteiger partial charge in [0.1, 0.15) is 5.69 Å². The number of nitrogens with one attached hydrogen (secondary N) is 1. The number of carbonyl (C=O) groups is 1. The van der Waals surface area contributed by atoms with E-state index in [9.17, 15) is 4.79 Å². The van der Waals surface area contributed by atoms with E-state index in [-0.39, 0.29) is 5.69 Å². The Morgan fingerprint density at radius 2 is 2.00 bits per heavy atom. The molecule has 1 fully saturated rings. The minimum Gasteiger partial charge on any atom is -0.371 e. The smallest absolute Gasteiger partial charge is 0.271 e. The molecule has 0 spiro atoms. The SMILES string of the molecule is NC(=O)c1n[nH]nc1-c1ccc(Br)cc1N1CCCCC1. The maximum absolute atomic E-state index is 11.5. The molecular weight excluding hydrogens is 334 g/mol. The summed E-state index contributed by atoms with van der Waals surface area (Å²) in [5.41, 5.74) is 7.99. The van der Waals surface area contributed by atoms with Gasteiger partial charge >= 0.3 is 0 Å². The number of primary amides is 1. The van der Waals surface area contributed by atoms with Gasteiger partial charge in [0.05, 0.1) is 0 Å². The number of carbonyl (C=O) groups excluding carboxylic acids is 1. The lowest BCUT2D eigenvalue weighted by Crippen LogP contribution is -2.30. The van der Waals surface area contributed by atoms with Crippen LogP contribution in [0, 0.1) is 0 Å². The highest BCUT2D eigenvalue weighted by Gasteiger charge is 2.21. The fourth-order valence-corrected chi connectivity index (χ4v) is 3.04. The van der Waals surface area contributed by atoms with E-state index in [1.807, 2.05) is 12.1 Å². The minimum absolute atomic E-state index is 0.176. The van der Waals surface area contributed by atoms with Crippen molar-refractivity contribution in [2.24, 2.45) is 5.73 Å². The number of hydrogen-bond donors (Lipinski definition) is 2.